The van der Waals surface area contributed by atoms with E-state index in [-0.39, 0.29) is 5.97 Å². The average molecular weight is 263 g/mol. The highest BCUT2D eigenvalue weighted by molar-refractivity contribution is 9.09. The molecule has 2 fully saturated rings. The lowest BCUT2D eigenvalue weighted by Gasteiger charge is -1.96. The van der Waals surface area contributed by atoms with Gasteiger partial charge < -0.3 is 4.74 Å². The second kappa shape index (κ2) is 6.44. The van der Waals surface area contributed by atoms with Crippen LogP contribution < -0.4 is 0 Å². The Bertz CT molecular complexity index is 174. The van der Waals surface area contributed by atoms with Crippen LogP contribution in [0.2, 0.25) is 0 Å². The molecule has 2 nitrogen and oxygen atoms in total. The Kier molecular flexibility index (Phi) is 5.53. The minimum absolute atomic E-state index is 0.135. The van der Waals surface area contributed by atoms with Gasteiger partial charge in [0.25, 0.3) is 0 Å². The summed E-state index contributed by atoms with van der Waals surface area (Å²) in [5, 5.41) is 0.721. The van der Waals surface area contributed by atoms with Gasteiger partial charge in [0.1, 0.15) is 6.61 Å². The fourth-order valence-corrected chi connectivity index (χ4v) is 2.08. The van der Waals surface area contributed by atoms with Gasteiger partial charge in [-0.15, -0.1) is 0 Å². The zero-order valence-corrected chi connectivity index (χ0v) is 10.4. The summed E-state index contributed by atoms with van der Waals surface area (Å²) in [6.07, 6.45) is 6.71. The van der Waals surface area contributed by atoms with Gasteiger partial charge in [-0.05, 0) is 18.3 Å². The van der Waals surface area contributed by atoms with Crippen LogP contribution in [0.15, 0.2) is 0 Å². The quantitative estimate of drug-likeness (QED) is 0.577. The predicted molar refractivity (Wildman–Crippen MR) is 60.5 cm³/mol. The van der Waals surface area contributed by atoms with Gasteiger partial charge in [-0.1, -0.05) is 42.1 Å². The summed E-state index contributed by atoms with van der Waals surface area (Å²) in [5.74, 6) is 2.29. The molecular weight excluding hydrogens is 244 g/mol. The van der Waals surface area contributed by atoms with Crippen molar-refractivity contribution in [2.75, 3.05) is 11.9 Å². The van der Waals surface area contributed by atoms with Crippen LogP contribution in [0.1, 0.15) is 39.0 Å². The maximum Gasteiger partial charge on any atom is 0.305 e. The van der Waals surface area contributed by atoms with Crippen molar-refractivity contribution >= 4 is 21.9 Å². The summed E-state index contributed by atoms with van der Waals surface area (Å²) in [6, 6.07) is 0. The van der Waals surface area contributed by atoms with Gasteiger partial charge in [0, 0.05) is 11.8 Å². The number of hydrogen-bond donors (Lipinski definition) is 0. The normalized spacial score (nSPS) is 27.3. The molecule has 2 saturated carbocycles. The fraction of sp³-hybridized carbons (Fsp3) is 0.909. The van der Waals surface area contributed by atoms with E-state index in [1.807, 2.05) is 0 Å². The Morgan fingerprint density at radius 3 is 2.36 bits per heavy atom. The van der Waals surface area contributed by atoms with Gasteiger partial charge in [0.15, 0.2) is 0 Å². The summed E-state index contributed by atoms with van der Waals surface area (Å²) in [4.78, 5) is 10.3. The number of ether oxygens (including phenoxy) is 1. The van der Waals surface area contributed by atoms with Crippen LogP contribution in [0.3, 0.4) is 0 Å². The van der Waals surface area contributed by atoms with Crippen LogP contribution in [0, 0.1) is 11.8 Å². The Morgan fingerprint density at radius 2 is 2.07 bits per heavy atom. The topological polar surface area (TPSA) is 26.3 Å². The van der Waals surface area contributed by atoms with Crippen molar-refractivity contribution < 1.29 is 9.53 Å². The second-order valence-electron chi connectivity index (χ2n) is 3.95. The summed E-state index contributed by atoms with van der Waals surface area (Å²) >= 11 is 3.13. The van der Waals surface area contributed by atoms with Gasteiger partial charge in [-0.2, -0.15) is 0 Å². The summed E-state index contributed by atoms with van der Waals surface area (Å²) < 4.78 is 4.65. The largest absolute Gasteiger partial charge is 0.465 e. The Balaban J connectivity index is 0.000000143. The number of halogens is 1. The molecule has 14 heavy (non-hydrogen) atoms. The Morgan fingerprint density at radius 1 is 1.43 bits per heavy atom. The first-order valence-corrected chi connectivity index (χ1v) is 6.61. The highest BCUT2D eigenvalue weighted by atomic mass is 79.9. The predicted octanol–water partition coefficient (Wildman–Crippen LogP) is 3.14. The third-order valence-corrected chi connectivity index (χ3v) is 3.17. The Hall–Kier alpha value is -0.0500. The zero-order valence-electron chi connectivity index (χ0n) is 8.80. The third kappa shape index (κ3) is 4.45. The minimum atomic E-state index is -0.135. The minimum Gasteiger partial charge on any atom is -0.465 e. The van der Waals surface area contributed by atoms with Crippen LogP contribution in [0.25, 0.3) is 0 Å². The SMILES string of the molecule is C1CC2CC2C1.CCC(=O)OCCBr. The van der Waals surface area contributed by atoms with Gasteiger partial charge in [-0.3, -0.25) is 4.79 Å². The molecular formula is C11H19BrO2. The molecule has 0 aromatic carbocycles. The highest BCUT2D eigenvalue weighted by Crippen LogP contribution is 2.51. The lowest BCUT2D eigenvalue weighted by Crippen LogP contribution is -2.03. The standard InChI is InChI=1S/C6H10.C5H9BrO2/c1-2-5-4-6(5)3-1;1-2-5(7)8-4-3-6/h5-6H,1-4H2;2-4H2,1H3. The average Bonchev–Trinajstić information content (AvgIpc) is 2.83. The smallest absolute Gasteiger partial charge is 0.305 e. The first kappa shape index (κ1) is 12.0. The third-order valence-electron chi connectivity index (χ3n) is 2.85. The molecule has 0 bridgehead atoms. The molecule has 0 N–H and O–H groups in total. The van der Waals surface area contributed by atoms with Crippen molar-refractivity contribution in [3.63, 3.8) is 0 Å². The van der Waals surface area contributed by atoms with Crippen LogP contribution in [-0.4, -0.2) is 17.9 Å². The van der Waals surface area contributed by atoms with E-state index < -0.39 is 0 Å². The number of fused-ring (bicyclic) bond motifs is 1. The zero-order chi connectivity index (χ0) is 10.4. The van der Waals surface area contributed by atoms with E-state index in [0.717, 1.165) is 5.33 Å². The lowest BCUT2D eigenvalue weighted by atomic mass is 10.3. The molecule has 0 heterocycles. The molecule has 82 valence electrons. The number of carbonyl (C=O) groups is 1. The van der Waals surface area contributed by atoms with Gasteiger partial charge in [-0.25, -0.2) is 0 Å². The maximum atomic E-state index is 10.3. The molecule has 2 aliphatic carbocycles. The first-order valence-electron chi connectivity index (χ1n) is 5.49. The molecule has 2 unspecified atom stereocenters. The molecule has 0 aromatic heterocycles. The van der Waals surface area contributed by atoms with E-state index in [1.165, 1.54) is 18.3 Å². The molecule has 0 spiro atoms. The van der Waals surface area contributed by atoms with Gasteiger partial charge in [0.2, 0.25) is 0 Å². The van der Waals surface area contributed by atoms with E-state index in [4.69, 9.17) is 0 Å². The van der Waals surface area contributed by atoms with E-state index in [1.54, 1.807) is 26.2 Å². The van der Waals surface area contributed by atoms with Gasteiger partial charge in [0.05, 0.1) is 0 Å². The Labute approximate surface area is 94.5 Å². The van der Waals surface area contributed by atoms with E-state index in [2.05, 4.69) is 20.7 Å². The van der Waals surface area contributed by atoms with Crippen molar-refractivity contribution in [3.8, 4) is 0 Å². The van der Waals surface area contributed by atoms with Crippen molar-refractivity contribution in [1.82, 2.24) is 0 Å². The van der Waals surface area contributed by atoms with E-state index in [0.29, 0.717) is 13.0 Å². The maximum absolute atomic E-state index is 10.3. The van der Waals surface area contributed by atoms with Crippen LogP contribution in [0.5, 0.6) is 0 Å². The molecule has 0 aliphatic heterocycles. The van der Waals surface area contributed by atoms with Crippen molar-refractivity contribution in [3.05, 3.63) is 0 Å². The van der Waals surface area contributed by atoms with Crippen molar-refractivity contribution in [2.45, 2.75) is 39.0 Å². The van der Waals surface area contributed by atoms with Crippen molar-refractivity contribution in [1.29, 1.82) is 0 Å². The van der Waals surface area contributed by atoms with Crippen LogP contribution in [-0.2, 0) is 9.53 Å². The molecule has 2 rings (SSSR count). The molecule has 3 heteroatoms. The first-order chi connectivity index (χ1) is 6.77. The number of rotatable bonds is 3. The lowest BCUT2D eigenvalue weighted by molar-refractivity contribution is -0.142. The second-order valence-corrected chi connectivity index (χ2v) is 4.74. The summed E-state index contributed by atoms with van der Waals surface area (Å²) in [6.45, 7) is 2.25. The molecule has 0 radical (unpaired) electrons. The monoisotopic (exact) mass is 262 g/mol. The summed E-state index contributed by atoms with van der Waals surface area (Å²) in [7, 11) is 0. The number of esters is 1. The number of hydrogen-bond acceptors (Lipinski definition) is 2. The molecule has 0 saturated heterocycles. The van der Waals surface area contributed by atoms with Crippen LogP contribution >= 0.6 is 15.9 Å². The molecule has 0 amide bonds. The fourth-order valence-electron chi connectivity index (χ4n) is 1.91. The number of alkyl halides is 1. The molecule has 2 aliphatic rings. The van der Waals surface area contributed by atoms with Crippen molar-refractivity contribution in [2.24, 2.45) is 11.8 Å². The highest BCUT2D eigenvalue weighted by Gasteiger charge is 2.40. The van der Waals surface area contributed by atoms with Crippen LogP contribution in [0.4, 0.5) is 0 Å². The van der Waals surface area contributed by atoms with Gasteiger partial charge >= 0.3 is 5.97 Å². The van der Waals surface area contributed by atoms with E-state index >= 15 is 0 Å². The molecule has 2 atom stereocenters. The molecule has 0 aromatic rings. The summed E-state index contributed by atoms with van der Waals surface area (Å²) in [5.41, 5.74) is 0. The van der Waals surface area contributed by atoms with E-state index in [9.17, 15) is 4.79 Å². The number of carbonyl (C=O) groups excluding carboxylic acids is 1.